The fourth-order valence-corrected chi connectivity index (χ4v) is 2.97. The molecule has 2 aromatic carbocycles. The van der Waals surface area contributed by atoms with Gasteiger partial charge < -0.3 is 15.2 Å². The Morgan fingerprint density at radius 3 is 2.17 bits per heavy atom. The Balaban J connectivity index is 1.73. The predicted molar refractivity (Wildman–Crippen MR) is 110 cm³/mol. The quantitative estimate of drug-likeness (QED) is 0.426. The summed E-state index contributed by atoms with van der Waals surface area (Å²) >= 11 is 0. The van der Waals surface area contributed by atoms with Crippen molar-refractivity contribution in [1.82, 2.24) is 19.5 Å². The second-order valence-electron chi connectivity index (χ2n) is 7.00. The van der Waals surface area contributed by atoms with Crippen molar-refractivity contribution in [2.24, 2.45) is 0 Å². The van der Waals surface area contributed by atoms with Crippen LogP contribution in [-0.4, -0.2) is 19.5 Å². The fourth-order valence-electron chi connectivity index (χ4n) is 2.97. The summed E-state index contributed by atoms with van der Waals surface area (Å²) in [6.45, 7) is 4.02. The zero-order valence-corrected chi connectivity index (χ0v) is 16.3. The SMILES string of the molecule is CC(C)n1cnc2c(Nc3ccccc3)nc(Nc3ccc(C(F)(F)F)cc3)nc21. The number of alkyl halides is 3. The predicted octanol–water partition coefficient (Wildman–Crippen LogP) is 5.91. The van der Waals surface area contributed by atoms with Crippen LogP contribution in [0.15, 0.2) is 60.9 Å². The maximum atomic E-state index is 12.8. The molecule has 0 aliphatic carbocycles. The highest BCUT2D eigenvalue weighted by molar-refractivity contribution is 5.87. The molecule has 2 N–H and O–H groups in total. The van der Waals surface area contributed by atoms with Crippen molar-refractivity contribution in [1.29, 1.82) is 0 Å². The molecule has 2 heterocycles. The molecule has 0 bridgehead atoms. The van der Waals surface area contributed by atoms with Crippen LogP contribution in [0.4, 0.5) is 36.3 Å². The minimum atomic E-state index is -4.38. The summed E-state index contributed by atoms with van der Waals surface area (Å²) in [7, 11) is 0. The van der Waals surface area contributed by atoms with Gasteiger partial charge in [-0.3, -0.25) is 0 Å². The van der Waals surface area contributed by atoms with Crippen molar-refractivity contribution in [2.45, 2.75) is 26.1 Å². The van der Waals surface area contributed by atoms with Crippen LogP contribution in [0, 0.1) is 0 Å². The van der Waals surface area contributed by atoms with E-state index in [-0.39, 0.29) is 12.0 Å². The van der Waals surface area contributed by atoms with Crippen LogP contribution in [0.1, 0.15) is 25.5 Å². The van der Waals surface area contributed by atoms with Crippen LogP contribution in [0.2, 0.25) is 0 Å². The van der Waals surface area contributed by atoms with E-state index < -0.39 is 11.7 Å². The van der Waals surface area contributed by atoms with E-state index in [1.807, 2.05) is 48.7 Å². The van der Waals surface area contributed by atoms with Gasteiger partial charge in [0.2, 0.25) is 5.95 Å². The summed E-state index contributed by atoms with van der Waals surface area (Å²) in [4.78, 5) is 13.5. The van der Waals surface area contributed by atoms with Gasteiger partial charge in [0.1, 0.15) is 0 Å². The minimum absolute atomic E-state index is 0.119. The first kappa shape index (κ1) is 19.7. The third kappa shape index (κ3) is 4.05. The number of fused-ring (bicyclic) bond motifs is 1. The van der Waals surface area contributed by atoms with E-state index in [1.54, 1.807) is 6.33 Å². The maximum absolute atomic E-state index is 12.8. The topological polar surface area (TPSA) is 67.7 Å². The van der Waals surface area contributed by atoms with Gasteiger partial charge in [-0.15, -0.1) is 0 Å². The Morgan fingerprint density at radius 1 is 0.867 bits per heavy atom. The number of aromatic nitrogens is 4. The van der Waals surface area contributed by atoms with Gasteiger partial charge in [0.05, 0.1) is 11.9 Å². The number of halogens is 3. The third-order valence-corrected chi connectivity index (χ3v) is 4.48. The van der Waals surface area contributed by atoms with E-state index in [0.29, 0.717) is 22.7 Å². The third-order valence-electron chi connectivity index (χ3n) is 4.48. The van der Waals surface area contributed by atoms with Crippen LogP contribution in [0.5, 0.6) is 0 Å². The number of imidazole rings is 1. The molecule has 0 aliphatic heterocycles. The monoisotopic (exact) mass is 412 g/mol. The molecule has 0 atom stereocenters. The first-order chi connectivity index (χ1) is 14.3. The van der Waals surface area contributed by atoms with Gasteiger partial charge in [0.15, 0.2) is 17.0 Å². The van der Waals surface area contributed by atoms with Crippen molar-refractivity contribution in [3.63, 3.8) is 0 Å². The number of anilines is 4. The molecule has 0 fully saturated rings. The van der Waals surface area contributed by atoms with Gasteiger partial charge in [-0.25, -0.2) is 4.98 Å². The summed E-state index contributed by atoms with van der Waals surface area (Å²) in [6, 6.07) is 14.3. The summed E-state index contributed by atoms with van der Waals surface area (Å²) in [5.74, 6) is 0.753. The zero-order valence-electron chi connectivity index (χ0n) is 16.3. The Hall–Kier alpha value is -3.62. The molecule has 0 radical (unpaired) electrons. The van der Waals surface area contributed by atoms with E-state index >= 15 is 0 Å². The maximum Gasteiger partial charge on any atom is 0.416 e. The van der Waals surface area contributed by atoms with E-state index in [9.17, 15) is 13.2 Å². The number of nitrogens with zero attached hydrogens (tertiary/aromatic N) is 4. The second-order valence-corrected chi connectivity index (χ2v) is 7.00. The molecule has 0 saturated carbocycles. The molecule has 0 unspecified atom stereocenters. The highest BCUT2D eigenvalue weighted by Gasteiger charge is 2.30. The van der Waals surface area contributed by atoms with Crippen molar-refractivity contribution >= 4 is 34.3 Å². The Kier molecular flexibility index (Phi) is 5.03. The number of benzene rings is 2. The molecule has 0 saturated heterocycles. The summed E-state index contributed by atoms with van der Waals surface area (Å²) < 4.78 is 40.3. The van der Waals surface area contributed by atoms with Crippen molar-refractivity contribution in [3.8, 4) is 0 Å². The first-order valence-electron chi connectivity index (χ1n) is 9.32. The van der Waals surface area contributed by atoms with Gasteiger partial charge in [0.25, 0.3) is 0 Å². The number of hydrogen-bond donors (Lipinski definition) is 2. The van der Waals surface area contributed by atoms with Crippen LogP contribution in [0.3, 0.4) is 0 Å². The summed E-state index contributed by atoms with van der Waals surface area (Å²) in [6.07, 6.45) is -2.69. The zero-order chi connectivity index (χ0) is 21.3. The van der Waals surface area contributed by atoms with E-state index in [4.69, 9.17) is 0 Å². The Bertz CT molecular complexity index is 1150. The highest BCUT2D eigenvalue weighted by atomic mass is 19.4. The summed E-state index contributed by atoms with van der Waals surface area (Å²) in [5.41, 5.74) is 1.79. The highest BCUT2D eigenvalue weighted by Crippen LogP contribution is 2.31. The molecule has 4 aromatic rings. The van der Waals surface area contributed by atoms with E-state index in [1.165, 1.54) is 12.1 Å². The fraction of sp³-hybridized carbons (Fsp3) is 0.190. The molecule has 6 nitrogen and oxygen atoms in total. The normalized spacial score (nSPS) is 11.8. The number of para-hydroxylation sites is 1. The second kappa shape index (κ2) is 7.66. The van der Waals surface area contributed by atoms with Crippen LogP contribution in [0.25, 0.3) is 11.2 Å². The van der Waals surface area contributed by atoms with Crippen molar-refractivity contribution in [2.75, 3.05) is 10.6 Å². The Labute approximate surface area is 170 Å². The molecule has 4 rings (SSSR count). The van der Waals surface area contributed by atoms with Gasteiger partial charge in [0, 0.05) is 17.4 Å². The standard InChI is InChI=1S/C21H19F3N6/c1-13(2)30-12-25-17-18(26-15-6-4-3-5-7-15)28-20(29-19(17)30)27-16-10-8-14(9-11-16)21(22,23)24/h3-13H,1-2H3,(H2,26,27,28,29). The Morgan fingerprint density at radius 2 is 1.53 bits per heavy atom. The first-order valence-corrected chi connectivity index (χ1v) is 9.32. The van der Waals surface area contributed by atoms with Gasteiger partial charge in [-0.1, -0.05) is 18.2 Å². The number of hydrogen-bond acceptors (Lipinski definition) is 5. The van der Waals surface area contributed by atoms with Crippen LogP contribution < -0.4 is 10.6 Å². The molecule has 30 heavy (non-hydrogen) atoms. The smallest absolute Gasteiger partial charge is 0.338 e. The van der Waals surface area contributed by atoms with Crippen LogP contribution >= 0.6 is 0 Å². The largest absolute Gasteiger partial charge is 0.416 e. The molecular weight excluding hydrogens is 393 g/mol. The molecule has 0 amide bonds. The lowest BCUT2D eigenvalue weighted by Gasteiger charge is -2.12. The lowest BCUT2D eigenvalue weighted by atomic mass is 10.2. The average Bonchev–Trinajstić information content (AvgIpc) is 3.13. The van der Waals surface area contributed by atoms with Crippen molar-refractivity contribution < 1.29 is 13.2 Å². The lowest BCUT2D eigenvalue weighted by molar-refractivity contribution is -0.137. The molecule has 0 aliphatic rings. The number of nitrogens with one attached hydrogen (secondary N) is 2. The number of rotatable bonds is 5. The lowest BCUT2D eigenvalue weighted by Crippen LogP contribution is -2.06. The molecule has 0 spiro atoms. The molecule has 2 aromatic heterocycles. The minimum Gasteiger partial charge on any atom is -0.338 e. The van der Waals surface area contributed by atoms with E-state index in [0.717, 1.165) is 17.8 Å². The van der Waals surface area contributed by atoms with Crippen molar-refractivity contribution in [3.05, 3.63) is 66.5 Å². The van der Waals surface area contributed by atoms with Gasteiger partial charge >= 0.3 is 6.18 Å². The molecule has 154 valence electrons. The van der Waals surface area contributed by atoms with Crippen LogP contribution in [-0.2, 0) is 6.18 Å². The van der Waals surface area contributed by atoms with Gasteiger partial charge in [-0.05, 0) is 50.2 Å². The van der Waals surface area contributed by atoms with E-state index in [2.05, 4.69) is 25.6 Å². The average molecular weight is 412 g/mol. The summed E-state index contributed by atoms with van der Waals surface area (Å²) in [5, 5.41) is 6.22. The molecular formula is C21H19F3N6. The van der Waals surface area contributed by atoms with Gasteiger partial charge in [-0.2, -0.15) is 23.1 Å². The molecule has 9 heteroatoms.